The van der Waals surface area contributed by atoms with Crippen molar-refractivity contribution in [1.82, 2.24) is 0 Å². The fourth-order valence-electron chi connectivity index (χ4n) is 2.19. The molecule has 0 aliphatic carbocycles. The Bertz CT molecular complexity index is 573. The van der Waals surface area contributed by atoms with Crippen LogP contribution in [0.2, 0.25) is 0 Å². The van der Waals surface area contributed by atoms with E-state index in [2.05, 4.69) is 5.32 Å². The molecular formula is C15H24N2O4S. The molecule has 22 heavy (non-hydrogen) atoms. The maximum atomic E-state index is 11.4. The number of anilines is 1. The smallest absolute Gasteiger partial charge is 0.303 e. The molecule has 0 unspecified atom stereocenters. The number of primary sulfonamides is 1. The normalized spacial score (nSPS) is 11.3. The van der Waals surface area contributed by atoms with Crippen LogP contribution in [-0.2, 0) is 14.8 Å². The number of carboxylic acids is 1. The molecule has 4 N–H and O–H groups in total. The average molecular weight is 328 g/mol. The number of hydrogen-bond acceptors (Lipinski definition) is 4. The molecule has 0 radical (unpaired) electrons. The summed E-state index contributed by atoms with van der Waals surface area (Å²) in [6, 6.07) is 6.59. The molecule has 0 heterocycles. The van der Waals surface area contributed by atoms with Crippen LogP contribution in [0.5, 0.6) is 0 Å². The lowest BCUT2D eigenvalue weighted by molar-refractivity contribution is -0.137. The quantitative estimate of drug-likeness (QED) is 0.541. The van der Waals surface area contributed by atoms with Crippen LogP contribution in [0.4, 0.5) is 5.69 Å². The van der Waals surface area contributed by atoms with Crippen molar-refractivity contribution < 1.29 is 18.3 Å². The minimum Gasteiger partial charge on any atom is -0.481 e. The average Bonchev–Trinajstić information content (AvgIpc) is 2.44. The molecule has 1 rings (SSSR count). The molecule has 0 fully saturated rings. The molecule has 124 valence electrons. The van der Waals surface area contributed by atoms with E-state index in [1.165, 1.54) is 6.07 Å². The van der Waals surface area contributed by atoms with Crippen molar-refractivity contribution in [1.29, 1.82) is 0 Å². The fraction of sp³-hybridized carbons (Fsp3) is 0.533. The van der Waals surface area contributed by atoms with Gasteiger partial charge < -0.3 is 10.4 Å². The Kier molecular flexibility index (Phi) is 7.90. The van der Waals surface area contributed by atoms with Gasteiger partial charge in [-0.3, -0.25) is 4.79 Å². The first kappa shape index (κ1) is 18.4. The first-order valence-electron chi connectivity index (χ1n) is 7.49. The van der Waals surface area contributed by atoms with E-state index in [0.717, 1.165) is 38.5 Å². The van der Waals surface area contributed by atoms with Crippen molar-refractivity contribution in [2.24, 2.45) is 5.14 Å². The van der Waals surface area contributed by atoms with E-state index in [0.29, 0.717) is 12.2 Å². The van der Waals surface area contributed by atoms with Crippen molar-refractivity contribution in [3.8, 4) is 0 Å². The Hall–Kier alpha value is -1.60. The van der Waals surface area contributed by atoms with Crippen molar-refractivity contribution in [2.45, 2.75) is 49.8 Å². The Morgan fingerprint density at radius 1 is 1.05 bits per heavy atom. The number of unbranched alkanes of at least 4 members (excludes halogenated alkanes) is 5. The minimum absolute atomic E-state index is 0.115. The van der Waals surface area contributed by atoms with Crippen LogP contribution in [0.15, 0.2) is 29.2 Å². The van der Waals surface area contributed by atoms with Gasteiger partial charge in [-0.1, -0.05) is 37.8 Å². The summed E-state index contributed by atoms with van der Waals surface area (Å²) >= 11 is 0. The van der Waals surface area contributed by atoms with E-state index >= 15 is 0 Å². The molecule has 0 bridgehead atoms. The van der Waals surface area contributed by atoms with Gasteiger partial charge in [0.1, 0.15) is 4.90 Å². The summed E-state index contributed by atoms with van der Waals surface area (Å²) < 4.78 is 22.9. The maximum Gasteiger partial charge on any atom is 0.303 e. The standard InChI is InChI=1S/C15H24N2O4S/c16-22(20,21)14-10-7-6-9-13(14)17-12-8-4-2-1-3-5-11-15(18)19/h6-7,9-10,17H,1-5,8,11-12H2,(H,18,19)(H2,16,20,21). The Morgan fingerprint density at radius 3 is 2.27 bits per heavy atom. The highest BCUT2D eigenvalue weighted by atomic mass is 32.2. The second-order valence-electron chi connectivity index (χ2n) is 5.23. The van der Waals surface area contributed by atoms with Crippen LogP contribution in [-0.4, -0.2) is 26.0 Å². The number of benzene rings is 1. The zero-order valence-corrected chi connectivity index (χ0v) is 13.4. The Morgan fingerprint density at radius 2 is 1.64 bits per heavy atom. The molecule has 1 aromatic carbocycles. The second-order valence-corrected chi connectivity index (χ2v) is 6.76. The van der Waals surface area contributed by atoms with Crippen LogP contribution < -0.4 is 10.5 Å². The van der Waals surface area contributed by atoms with Crippen molar-refractivity contribution in [3.63, 3.8) is 0 Å². The third-order valence-electron chi connectivity index (χ3n) is 3.33. The SMILES string of the molecule is NS(=O)(=O)c1ccccc1NCCCCCCCCC(=O)O. The third kappa shape index (κ3) is 7.42. The number of carbonyl (C=O) groups is 1. The lowest BCUT2D eigenvalue weighted by Crippen LogP contribution is -2.15. The number of sulfonamides is 1. The van der Waals surface area contributed by atoms with Gasteiger partial charge in [-0.2, -0.15) is 0 Å². The van der Waals surface area contributed by atoms with Crippen molar-refractivity contribution >= 4 is 21.7 Å². The van der Waals surface area contributed by atoms with Crippen LogP contribution in [0.1, 0.15) is 44.9 Å². The highest BCUT2D eigenvalue weighted by Gasteiger charge is 2.12. The van der Waals surface area contributed by atoms with Gasteiger partial charge in [0.25, 0.3) is 0 Å². The number of rotatable bonds is 11. The summed E-state index contributed by atoms with van der Waals surface area (Å²) in [5.41, 5.74) is 0.534. The van der Waals surface area contributed by atoms with E-state index < -0.39 is 16.0 Å². The number of nitrogens with two attached hydrogens (primary N) is 1. The van der Waals surface area contributed by atoms with Gasteiger partial charge in [-0.15, -0.1) is 0 Å². The maximum absolute atomic E-state index is 11.4. The molecule has 0 saturated heterocycles. The van der Waals surface area contributed by atoms with E-state index in [-0.39, 0.29) is 11.3 Å². The molecular weight excluding hydrogens is 304 g/mol. The van der Waals surface area contributed by atoms with Crippen LogP contribution in [0.3, 0.4) is 0 Å². The summed E-state index contributed by atoms with van der Waals surface area (Å²) in [6.07, 6.45) is 5.95. The predicted molar refractivity (Wildman–Crippen MR) is 86.3 cm³/mol. The number of hydrogen-bond donors (Lipinski definition) is 3. The first-order chi connectivity index (χ1) is 10.4. The predicted octanol–water partition coefficient (Wildman–Crippen LogP) is 2.56. The number of aliphatic carboxylic acids is 1. The van der Waals surface area contributed by atoms with E-state index in [1.807, 2.05) is 0 Å². The number of nitrogens with one attached hydrogen (secondary N) is 1. The first-order valence-corrected chi connectivity index (χ1v) is 9.03. The van der Waals surface area contributed by atoms with Crippen molar-refractivity contribution in [2.75, 3.05) is 11.9 Å². The van der Waals surface area contributed by atoms with Gasteiger partial charge in [0.2, 0.25) is 10.0 Å². The van der Waals surface area contributed by atoms with Gasteiger partial charge in [0.05, 0.1) is 5.69 Å². The van der Waals surface area contributed by atoms with Gasteiger partial charge in [0, 0.05) is 13.0 Å². The molecule has 0 spiro atoms. The third-order valence-corrected chi connectivity index (χ3v) is 4.30. The molecule has 0 aliphatic rings. The van der Waals surface area contributed by atoms with E-state index in [4.69, 9.17) is 10.2 Å². The highest BCUT2D eigenvalue weighted by molar-refractivity contribution is 7.89. The van der Waals surface area contributed by atoms with Gasteiger partial charge in [-0.05, 0) is 25.0 Å². The molecule has 7 heteroatoms. The summed E-state index contributed by atoms with van der Waals surface area (Å²) in [7, 11) is -3.71. The largest absolute Gasteiger partial charge is 0.481 e. The lowest BCUT2D eigenvalue weighted by atomic mass is 10.1. The lowest BCUT2D eigenvalue weighted by Gasteiger charge is -2.10. The molecule has 0 atom stereocenters. The highest BCUT2D eigenvalue weighted by Crippen LogP contribution is 2.19. The summed E-state index contributed by atoms with van der Waals surface area (Å²) in [6.45, 7) is 0.682. The summed E-state index contributed by atoms with van der Waals surface area (Å²) in [4.78, 5) is 10.5. The number of para-hydroxylation sites is 1. The second kappa shape index (κ2) is 9.42. The van der Waals surface area contributed by atoms with Crippen LogP contribution in [0, 0.1) is 0 Å². The fourth-order valence-corrected chi connectivity index (χ4v) is 2.91. The Balaban J connectivity index is 2.19. The van der Waals surface area contributed by atoms with E-state index in [1.54, 1.807) is 18.2 Å². The van der Waals surface area contributed by atoms with Crippen LogP contribution in [0.25, 0.3) is 0 Å². The molecule has 0 aromatic heterocycles. The van der Waals surface area contributed by atoms with Gasteiger partial charge in [0.15, 0.2) is 0 Å². The van der Waals surface area contributed by atoms with Gasteiger partial charge in [-0.25, -0.2) is 13.6 Å². The molecule has 1 aromatic rings. The zero-order chi connectivity index (χ0) is 16.4. The molecule has 0 amide bonds. The molecule has 0 saturated carbocycles. The monoisotopic (exact) mass is 328 g/mol. The minimum atomic E-state index is -3.71. The van der Waals surface area contributed by atoms with Crippen LogP contribution >= 0.6 is 0 Å². The molecule has 0 aliphatic heterocycles. The molecule has 6 nitrogen and oxygen atoms in total. The summed E-state index contributed by atoms with van der Waals surface area (Å²) in [5.74, 6) is -0.738. The van der Waals surface area contributed by atoms with Crippen molar-refractivity contribution in [3.05, 3.63) is 24.3 Å². The Labute approximate surface area is 131 Å². The topological polar surface area (TPSA) is 109 Å². The number of carboxylic acid groups (broad SMARTS) is 1. The van der Waals surface area contributed by atoms with Gasteiger partial charge >= 0.3 is 5.97 Å². The summed E-state index contributed by atoms with van der Waals surface area (Å²) in [5, 5.41) is 16.8. The van der Waals surface area contributed by atoms with E-state index in [9.17, 15) is 13.2 Å². The zero-order valence-electron chi connectivity index (χ0n) is 12.6.